The molecule has 0 bridgehead atoms. The molecular weight excluding hydrogens is 232 g/mol. The van der Waals surface area contributed by atoms with Crippen LogP contribution in [0.3, 0.4) is 0 Å². The third-order valence-electron chi connectivity index (χ3n) is 4.60. The number of rotatable bonds is 8. The van der Waals surface area contributed by atoms with Gasteiger partial charge < -0.3 is 4.74 Å². The quantitative estimate of drug-likeness (QED) is 0.450. The molecule has 2 atom stereocenters. The van der Waals surface area contributed by atoms with E-state index in [0.717, 1.165) is 18.4 Å². The van der Waals surface area contributed by atoms with Crippen molar-refractivity contribution in [3.05, 3.63) is 0 Å². The molecule has 0 aromatic heterocycles. The smallest absolute Gasteiger partial charge is 0.0671 e. The molecule has 0 N–H and O–H groups in total. The predicted octanol–water partition coefficient (Wildman–Crippen LogP) is 4.77. The average Bonchev–Trinajstić information content (AvgIpc) is 3.10. The predicted molar refractivity (Wildman–Crippen MR) is 73.6 cm³/mol. The maximum absolute atomic E-state index is 6.29. The van der Waals surface area contributed by atoms with Gasteiger partial charge in [0.15, 0.2) is 0 Å². The van der Waals surface area contributed by atoms with Crippen molar-refractivity contribution in [3.63, 3.8) is 0 Å². The van der Waals surface area contributed by atoms with Gasteiger partial charge in [-0.05, 0) is 31.6 Å². The van der Waals surface area contributed by atoms with Crippen LogP contribution in [0.15, 0.2) is 0 Å². The number of hydrogen-bond donors (Lipinski definition) is 0. The molecule has 0 aromatic rings. The molecule has 1 aliphatic heterocycles. The van der Waals surface area contributed by atoms with Crippen molar-refractivity contribution in [1.29, 1.82) is 0 Å². The van der Waals surface area contributed by atoms with Crippen LogP contribution in [0.25, 0.3) is 0 Å². The van der Waals surface area contributed by atoms with Crippen molar-refractivity contribution in [2.75, 3.05) is 12.5 Å². The summed E-state index contributed by atoms with van der Waals surface area (Å²) in [4.78, 5) is 0. The molecule has 100 valence electrons. The van der Waals surface area contributed by atoms with Crippen molar-refractivity contribution in [2.45, 2.75) is 70.8 Å². The van der Waals surface area contributed by atoms with Crippen LogP contribution in [0.2, 0.25) is 0 Å². The lowest BCUT2D eigenvalue weighted by molar-refractivity contribution is 0.0354. The van der Waals surface area contributed by atoms with Crippen LogP contribution in [-0.4, -0.2) is 18.6 Å². The number of ether oxygens (including phenoxy) is 1. The van der Waals surface area contributed by atoms with Crippen LogP contribution in [0, 0.1) is 11.3 Å². The molecule has 0 aromatic carbocycles. The third kappa shape index (κ3) is 3.38. The Hall–Kier alpha value is 0.250. The van der Waals surface area contributed by atoms with Gasteiger partial charge in [-0.15, -0.1) is 11.6 Å². The Morgan fingerprint density at radius 1 is 1.18 bits per heavy atom. The minimum atomic E-state index is 0.328. The Bertz CT molecular complexity index is 227. The molecule has 1 heterocycles. The van der Waals surface area contributed by atoms with E-state index in [1.54, 1.807) is 0 Å². The van der Waals surface area contributed by atoms with E-state index in [-0.39, 0.29) is 0 Å². The lowest BCUT2D eigenvalue weighted by Crippen LogP contribution is -2.34. The second-order valence-electron chi connectivity index (χ2n) is 6.04. The lowest BCUT2D eigenvalue weighted by atomic mass is 9.76. The molecule has 1 nitrogen and oxygen atoms in total. The summed E-state index contributed by atoms with van der Waals surface area (Å²) in [5.41, 5.74) is 0.328. The summed E-state index contributed by atoms with van der Waals surface area (Å²) in [6, 6.07) is 0. The summed E-state index contributed by atoms with van der Waals surface area (Å²) in [6.07, 6.45) is 12.6. The number of halogens is 1. The number of hydrogen-bond acceptors (Lipinski definition) is 1. The topological polar surface area (TPSA) is 9.23 Å². The van der Waals surface area contributed by atoms with Crippen LogP contribution < -0.4 is 0 Å². The van der Waals surface area contributed by atoms with E-state index in [2.05, 4.69) is 6.92 Å². The normalized spacial score (nSPS) is 33.2. The fourth-order valence-corrected chi connectivity index (χ4v) is 3.72. The van der Waals surface area contributed by atoms with E-state index in [0.29, 0.717) is 11.5 Å². The fraction of sp³-hybridized carbons (Fsp3) is 1.00. The summed E-state index contributed by atoms with van der Waals surface area (Å²) in [5.74, 6) is 1.65. The van der Waals surface area contributed by atoms with Crippen molar-refractivity contribution in [1.82, 2.24) is 0 Å². The lowest BCUT2D eigenvalue weighted by Gasteiger charge is -2.32. The second kappa shape index (κ2) is 6.43. The molecule has 17 heavy (non-hydrogen) atoms. The molecule has 2 heteroatoms. The molecule has 0 amide bonds. The highest BCUT2D eigenvalue weighted by molar-refractivity contribution is 6.18. The van der Waals surface area contributed by atoms with Gasteiger partial charge in [-0.2, -0.15) is 0 Å². The summed E-state index contributed by atoms with van der Waals surface area (Å²) >= 11 is 6.29. The first kappa shape index (κ1) is 13.7. The Morgan fingerprint density at radius 2 is 1.94 bits per heavy atom. The van der Waals surface area contributed by atoms with Crippen LogP contribution in [-0.2, 0) is 4.74 Å². The number of alkyl halides is 1. The zero-order valence-electron chi connectivity index (χ0n) is 11.2. The van der Waals surface area contributed by atoms with Crippen molar-refractivity contribution in [2.24, 2.45) is 11.3 Å². The first-order chi connectivity index (χ1) is 8.32. The van der Waals surface area contributed by atoms with E-state index in [9.17, 15) is 0 Å². The van der Waals surface area contributed by atoms with Crippen molar-refractivity contribution < 1.29 is 4.74 Å². The highest BCUT2D eigenvalue weighted by Crippen LogP contribution is 2.50. The van der Waals surface area contributed by atoms with E-state index in [1.165, 1.54) is 57.8 Å². The van der Waals surface area contributed by atoms with Crippen LogP contribution in [0.5, 0.6) is 0 Å². The average molecular weight is 259 g/mol. The van der Waals surface area contributed by atoms with Crippen molar-refractivity contribution >= 4 is 11.6 Å². The molecule has 1 saturated carbocycles. The van der Waals surface area contributed by atoms with Gasteiger partial charge in [-0.1, -0.05) is 39.0 Å². The number of unbranched alkanes of at least 4 members (excludes halogenated alkanes) is 4. The van der Waals surface area contributed by atoms with Gasteiger partial charge in [0.1, 0.15) is 0 Å². The zero-order valence-corrected chi connectivity index (χ0v) is 12.0. The van der Waals surface area contributed by atoms with Gasteiger partial charge >= 0.3 is 0 Å². The summed E-state index contributed by atoms with van der Waals surface area (Å²) < 4.78 is 5.98. The van der Waals surface area contributed by atoms with Gasteiger partial charge in [0.2, 0.25) is 0 Å². The van der Waals surface area contributed by atoms with Gasteiger partial charge in [0.25, 0.3) is 0 Å². The van der Waals surface area contributed by atoms with Crippen LogP contribution >= 0.6 is 11.6 Å². The van der Waals surface area contributed by atoms with E-state index < -0.39 is 0 Å². The monoisotopic (exact) mass is 258 g/mol. The Morgan fingerprint density at radius 3 is 2.59 bits per heavy atom. The SMILES string of the molecule is CCCCCCCC1(CCl)CCOC1C1CC1. The van der Waals surface area contributed by atoms with Gasteiger partial charge in [0, 0.05) is 17.9 Å². The molecule has 1 aliphatic carbocycles. The molecule has 2 rings (SSSR count). The minimum Gasteiger partial charge on any atom is -0.377 e. The Kier molecular flexibility index (Phi) is 5.17. The summed E-state index contributed by atoms with van der Waals surface area (Å²) in [6.45, 7) is 3.22. The van der Waals surface area contributed by atoms with Crippen molar-refractivity contribution in [3.8, 4) is 0 Å². The largest absolute Gasteiger partial charge is 0.377 e. The van der Waals surface area contributed by atoms with Crippen LogP contribution in [0.1, 0.15) is 64.7 Å². The summed E-state index contributed by atoms with van der Waals surface area (Å²) in [7, 11) is 0. The molecule has 1 saturated heterocycles. The van der Waals surface area contributed by atoms with E-state index in [4.69, 9.17) is 16.3 Å². The van der Waals surface area contributed by atoms with Gasteiger partial charge in [-0.25, -0.2) is 0 Å². The molecule has 0 spiro atoms. The molecule has 2 fully saturated rings. The van der Waals surface area contributed by atoms with Crippen LogP contribution in [0.4, 0.5) is 0 Å². The highest BCUT2D eigenvalue weighted by Gasteiger charge is 2.49. The third-order valence-corrected chi connectivity index (χ3v) is 5.13. The second-order valence-corrected chi connectivity index (χ2v) is 6.31. The van der Waals surface area contributed by atoms with E-state index >= 15 is 0 Å². The first-order valence-corrected chi connectivity index (χ1v) is 8.03. The molecular formula is C15H27ClO. The summed E-state index contributed by atoms with van der Waals surface area (Å²) in [5, 5.41) is 0. The highest BCUT2D eigenvalue weighted by atomic mass is 35.5. The molecule has 2 unspecified atom stereocenters. The van der Waals surface area contributed by atoms with E-state index in [1.807, 2.05) is 0 Å². The van der Waals surface area contributed by atoms with Gasteiger partial charge in [-0.3, -0.25) is 0 Å². The molecule has 2 aliphatic rings. The minimum absolute atomic E-state index is 0.328. The zero-order chi connectivity index (χ0) is 12.1. The maximum atomic E-state index is 6.29. The maximum Gasteiger partial charge on any atom is 0.0671 e. The fourth-order valence-electron chi connectivity index (χ4n) is 3.30. The Labute approximate surface area is 111 Å². The standard InChI is InChI=1S/C15H27ClO/c1-2-3-4-5-6-9-15(12-16)10-11-17-14(15)13-7-8-13/h13-14H,2-12H2,1H3. The first-order valence-electron chi connectivity index (χ1n) is 7.50. The van der Waals surface area contributed by atoms with Gasteiger partial charge in [0.05, 0.1) is 6.10 Å². The molecule has 0 radical (unpaired) electrons. The Balaban J connectivity index is 1.77.